The van der Waals surface area contributed by atoms with Gasteiger partial charge in [-0.2, -0.15) is 13.2 Å². The van der Waals surface area contributed by atoms with Crippen LogP contribution in [0, 0.1) is 5.92 Å². The molecule has 0 saturated heterocycles. The van der Waals surface area contributed by atoms with Crippen LogP contribution in [0.4, 0.5) is 36.4 Å². The van der Waals surface area contributed by atoms with E-state index in [0.717, 1.165) is 11.3 Å². The van der Waals surface area contributed by atoms with E-state index >= 15 is 0 Å². The molecule has 41 heavy (non-hydrogen) atoms. The maximum absolute atomic E-state index is 14.3. The van der Waals surface area contributed by atoms with Crippen molar-refractivity contribution in [1.29, 1.82) is 0 Å². The molecule has 1 aromatic heterocycles. The average Bonchev–Trinajstić information content (AvgIpc) is 3.28. The normalized spacial score (nSPS) is 21.3. The van der Waals surface area contributed by atoms with Gasteiger partial charge in [0.2, 0.25) is 11.8 Å². The number of benzene rings is 1. The molecule has 1 aliphatic heterocycles. The molecule has 1 saturated carbocycles. The molecule has 228 valence electrons. The van der Waals surface area contributed by atoms with Gasteiger partial charge in [0.15, 0.2) is 15.5 Å². The number of aromatic carboxylic acids is 1. The molecule has 1 atom stereocenters. The third-order valence-electron chi connectivity index (χ3n) is 7.24. The van der Waals surface area contributed by atoms with Gasteiger partial charge in [-0.25, -0.2) is 35.8 Å². The number of rotatable bonds is 8. The number of carboxylic acids is 1. The SMILES string of the molecule is CC(F)(F)CC[C@@H]1CN(C2CCC(F)(F)CC2)c2cc(C(F)(F)F)c(OCc3scnc3C(=O)O)cc2S(=O)(=O)C1. The van der Waals surface area contributed by atoms with Crippen molar-refractivity contribution in [3.63, 3.8) is 0 Å². The first kappa shape index (κ1) is 31.3. The zero-order chi connectivity index (χ0) is 30.4. The number of nitrogens with zero attached hydrogens (tertiary/aromatic N) is 2. The minimum absolute atomic E-state index is 0.00579. The number of carboxylic acid groups (broad SMARTS) is 1. The summed E-state index contributed by atoms with van der Waals surface area (Å²) in [6.07, 6.45) is -7.33. The summed E-state index contributed by atoms with van der Waals surface area (Å²) < 4.78 is 130. The van der Waals surface area contributed by atoms with Gasteiger partial charge in [0, 0.05) is 37.9 Å². The fourth-order valence-electron chi connectivity index (χ4n) is 5.20. The van der Waals surface area contributed by atoms with E-state index < -0.39 is 99.3 Å². The van der Waals surface area contributed by atoms with Crippen LogP contribution in [0.1, 0.15) is 66.4 Å². The van der Waals surface area contributed by atoms with E-state index in [-0.39, 0.29) is 36.4 Å². The first-order valence-corrected chi connectivity index (χ1v) is 15.2. The van der Waals surface area contributed by atoms with Crippen molar-refractivity contribution in [3.8, 4) is 5.75 Å². The predicted molar refractivity (Wildman–Crippen MR) is 135 cm³/mol. The molecule has 0 amide bonds. The molecule has 1 N–H and O–H groups in total. The fraction of sp³-hybridized carbons (Fsp3) is 0.600. The maximum Gasteiger partial charge on any atom is 0.420 e. The summed E-state index contributed by atoms with van der Waals surface area (Å²) in [5.41, 5.74) is -0.964. The number of fused-ring (bicyclic) bond motifs is 1. The second-order valence-electron chi connectivity index (χ2n) is 10.5. The van der Waals surface area contributed by atoms with Gasteiger partial charge in [0.25, 0.3) is 0 Å². The van der Waals surface area contributed by atoms with Gasteiger partial charge in [0.05, 0.1) is 32.3 Å². The van der Waals surface area contributed by atoms with Crippen molar-refractivity contribution in [2.45, 2.75) is 81.0 Å². The number of hydrogen-bond donors (Lipinski definition) is 1. The third-order valence-corrected chi connectivity index (χ3v) is 9.96. The molecule has 4 rings (SSSR count). The molecule has 0 unspecified atom stereocenters. The second-order valence-corrected chi connectivity index (χ2v) is 13.5. The standard InChI is InChI=1S/C25H27F7N2O5S2/c1-23(26,27)5-2-14-10-34(15-3-6-24(28,29)7-4-15)17-8-16(25(30,31)32)18(9-20(17)41(37,38)12-14)39-11-19-21(22(35)36)33-13-40-19/h8-9,13-15H,2-7,10-12H2,1H3,(H,35,36)/t14-/m1/s1. The number of alkyl halides is 7. The van der Waals surface area contributed by atoms with Crippen LogP contribution in [0.25, 0.3) is 0 Å². The summed E-state index contributed by atoms with van der Waals surface area (Å²) in [7, 11) is -4.35. The summed E-state index contributed by atoms with van der Waals surface area (Å²) >= 11 is 0.822. The highest BCUT2D eigenvalue weighted by Crippen LogP contribution is 2.46. The van der Waals surface area contributed by atoms with E-state index in [1.54, 1.807) is 0 Å². The second kappa shape index (κ2) is 11.2. The Bertz CT molecular complexity index is 1380. The van der Waals surface area contributed by atoms with E-state index in [4.69, 9.17) is 4.74 Å². The molecule has 16 heteroatoms. The first-order chi connectivity index (χ1) is 18.9. The van der Waals surface area contributed by atoms with E-state index in [2.05, 4.69) is 4.98 Å². The van der Waals surface area contributed by atoms with Crippen LogP contribution in [-0.4, -0.2) is 54.7 Å². The number of anilines is 1. The largest absolute Gasteiger partial charge is 0.487 e. The number of hydrogen-bond acceptors (Lipinski definition) is 7. The van der Waals surface area contributed by atoms with Gasteiger partial charge in [-0.05, 0) is 38.2 Å². The Morgan fingerprint density at radius 1 is 1.20 bits per heavy atom. The Kier molecular flexibility index (Phi) is 8.58. The highest BCUT2D eigenvalue weighted by Gasteiger charge is 2.43. The van der Waals surface area contributed by atoms with E-state index in [9.17, 15) is 49.1 Å². The molecular formula is C25H27F7N2O5S2. The molecule has 1 aromatic carbocycles. The maximum atomic E-state index is 14.3. The zero-order valence-corrected chi connectivity index (χ0v) is 23.3. The lowest BCUT2D eigenvalue weighted by atomic mass is 9.89. The highest BCUT2D eigenvalue weighted by atomic mass is 32.2. The van der Waals surface area contributed by atoms with Crippen LogP contribution in [0.5, 0.6) is 5.75 Å². The number of halogens is 7. The number of thiazole rings is 1. The molecule has 1 fully saturated rings. The first-order valence-electron chi connectivity index (χ1n) is 12.6. The predicted octanol–water partition coefficient (Wildman–Crippen LogP) is 6.66. The average molecular weight is 633 g/mol. The monoisotopic (exact) mass is 632 g/mol. The summed E-state index contributed by atoms with van der Waals surface area (Å²) in [6.45, 7) is -0.186. The van der Waals surface area contributed by atoms with Crippen molar-refractivity contribution < 1.29 is 53.8 Å². The van der Waals surface area contributed by atoms with E-state index in [1.165, 1.54) is 10.4 Å². The van der Waals surface area contributed by atoms with Crippen molar-refractivity contribution in [1.82, 2.24) is 4.98 Å². The molecule has 7 nitrogen and oxygen atoms in total. The third kappa shape index (κ3) is 7.43. The van der Waals surface area contributed by atoms with Crippen molar-refractivity contribution in [2.24, 2.45) is 5.92 Å². The van der Waals surface area contributed by atoms with E-state index in [0.29, 0.717) is 19.1 Å². The molecular weight excluding hydrogens is 605 g/mol. The molecule has 0 spiro atoms. The summed E-state index contributed by atoms with van der Waals surface area (Å²) in [4.78, 5) is 15.8. The number of ether oxygens (including phenoxy) is 1. The zero-order valence-electron chi connectivity index (χ0n) is 21.7. The van der Waals surface area contributed by atoms with Crippen LogP contribution < -0.4 is 9.64 Å². The van der Waals surface area contributed by atoms with Gasteiger partial charge >= 0.3 is 12.1 Å². The Morgan fingerprint density at radius 2 is 1.85 bits per heavy atom. The highest BCUT2D eigenvalue weighted by molar-refractivity contribution is 7.91. The lowest BCUT2D eigenvalue weighted by molar-refractivity contribution is -0.139. The Labute approximate surface area is 235 Å². The van der Waals surface area contributed by atoms with E-state index in [1.807, 2.05) is 0 Å². The molecule has 0 radical (unpaired) electrons. The van der Waals surface area contributed by atoms with Gasteiger partial charge in [-0.1, -0.05) is 0 Å². The molecule has 2 heterocycles. The summed E-state index contributed by atoms with van der Waals surface area (Å²) in [6, 6.07) is 0.557. The molecule has 2 aliphatic rings. The molecule has 1 aliphatic carbocycles. The minimum Gasteiger partial charge on any atom is -0.487 e. The minimum atomic E-state index is -5.04. The Morgan fingerprint density at radius 3 is 2.44 bits per heavy atom. The van der Waals surface area contributed by atoms with Crippen LogP contribution in [-0.2, 0) is 22.6 Å². The van der Waals surface area contributed by atoms with Gasteiger partial charge < -0.3 is 14.7 Å². The van der Waals surface area contributed by atoms with Crippen molar-refractivity contribution in [3.05, 3.63) is 33.8 Å². The van der Waals surface area contributed by atoms with Gasteiger partial charge in [-0.3, -0.25) is 0 Å². The topological polar surface area (TPSA) is 96.8 Å². The fourth-order valence-corrected chi connectivity index (χ4v) is 7.72. The summed E-state index contributed by atoms with van der Waals surface area (Å²) in [5, 5.41) is 9.23. The number of carbonyl (C=O) groups is 1. The number of sulfone groups is 1. The Balaban J connectivity index is 1.79. The quantitative estimate of drug-likeness (QED) is 0.325. The van der Waals surface area contributed by atoms with Gasteiger partial charge in [0.1, 0.15) is 12.4 Å². The smallest absolute Gasteiger partial charge is 0.420 e. The number of aromatic nitrogens is 1. The lowest BCUT2D eigenvalue weighted by Crippen LogP contribution is -2.43. The van der Waals surface area contributed by atoms with Gasteiger partial charge in [-0.15, -0.1) is 11.3 Å². The van der Waals surface area contributed by atoms with Crippen LogP contribution in [0.3, 0.4) is 0 Å². The summed E-state index contributed by atoms with van der Waals surface area (Å²) in [5.74, 6) is -9.94. The van der Waals surface area contributed by atoms with Crippen molar-refractivity contribution in [2.75, 3.05) is 17.2 Å². The molecule has 2 aromatic rings. The van der Waals surface area contributed by atoms with Crippen LogP contribution in [0.2, 0.25) is 0 Å². The van der Waals surface area contributed by atoms with Crippen LogP contribution >= 0.6 is 11.3 Å². The lowest BCUT2D eigenvalue weighted by Gasteiger charge is -2.39. The van der Waals surface area contributed by atoms with Crippen molar-refractivity contribution >= 4 is 32.8 Å². The van der Waals surface area contributed by atoms with Crippen LogP contribution in [0.15, 0.2) is 22.5 Å². The molecule has 0 bridgehead atoms. The Hall–Kier alpha value is -2.62.